The molecule has 0 rings (SSSR count). The molecule has 0 fully saturated rings. The van der Waals surface area contributed by atoms with Gasteiger partial charge in [0.05, 0.1) is 0 Å². The molecule has 0 radical (unpaired) electrons. The summed E-state index contributed by atoms with van der Waals surface area (Å²) in [4.78, 5) is 23.7. The maximum Gasteiger partial charge on any atom is 0.305 e. The molecule has 220 valence electrons. The quantitative estimate of drug-likeness (QED) is 0.0854. The number of carbonyl (C=O) groups excluding carboxylic acids is 2. The molecule has 0 spiro atoms. The van der Waals surface area contributed by atoms with Crippen LogP contribution >= 0.6 is 0 Å². The molecular weight excluding hydrogens is 464 g/mol. The second-order valence-electron chi connectivity index (χ2n) is 11.9. The lowest BCUT2D eigenvalue weighted by Crippen LogP contribution is -2.25. The summed E-state index contributed by atoms with van der Waals surface area (Å²) in [6, 6.07) is 0. The first-order valence-corrected chi connectivity index (χ1v) is 15.8. The van der Waals surface area contributed by atoms with Gasteiger partial charge in [0, 0.05) is 12.8 Å². The summed E-state index contributed by atoms with van der Waals surface area (Å²) in [7, 11) is 0. The van der Waals surface area contributed by atoms with Crippen LogP contribution in [0.3, 0.4) is 0 Å². The summed E-state index contributed by atoms with van der Waals surface area (Å²) in [5, 5.41) is 9.92. The summed E-state index contributed by atoms with van der Waals surface area (Å²) in [6.45, 7) is 8.91. The fourth-order valence-corrected chi connectivity index (χ4v) is 4.51. The third-order valence-corrected chi connectivity index (χ3v) is 6.95. The molecule has 0 bridgehead atoms. The van der Waals surface area contributed by atoms with E-state index in [9.17, 15) is 14.7 Å². The Kier molecular flexibility index (Phi) is 25.7. The first-order valence-electron chi connectivity index (χ1n) is 15.8. The average Bonchev–Trinajstić information content (AvgIpc) is 2.85. The molecular formula is C32H62O5. The van der Waals surface area contributed by atoms with E-state index in [0.717, 1.165) is 50.4 Å². The van der Waals surface area contributed by atoms with Gasteiger partial charge in [-0.1, -0.05) is 137 Å². The van der Waals surface area contributed by atoms with Crippen LogP contribution in [0.5, 0.6) is 0 Å². The van der Waals surface area contributed by atoms with Crippen LogP contribution in [-0.4, -0.2) is 36.4 Å². The van der Waals surface area contributed by atoms with Crippen molar-refractivity contribution in [3.63, 3.8) is 0 Å². The SMILES string of the molecule is CC(C)CCCCCCCCCCCCC(=O)OC[C@H](O)COC(=O)CCCCCCCCCC(C)C. The summed E-state index contributed by atoms with van der Waals surface area (Å²) >= 11 is 0. The van der Waals surface area contributed by atoms with Crippen LogP contribution in [0.2, 0.25) is 0 Å². The summed E-state index contributed by atoms with van der Waals surface area (Å²) in [6.07, 6.45) is 23.0. The number of aliphatic hydroxyl groups excluding tert-OH is 1. The van der Waals surface area contributed by atoms with Gasteiger partial charge >= 0.3 is 11.9 Å². The van der Waals surface area contributed by atoms with E-state index in [1.807, 2.05) is 0 Å². The Hall–Kier alpha value is -1.10. The topological polar surface area (TPSA) is 72.8 Å². The van der Waals surface area contributed by atoms with Crippen molar-refractivity contribution in [2.75, 3.05) is 13.2 Å². The monoisotopic (exact) mass is 526 g/mol. The summed E-state index contributed by atoms with van der Waals surface area (Å²) in [5.41, 5.74) is 0. The van der Waals surface area contributed by atoms with Gasteiger partial charge < -0.3 is 14.6 Å². The van der Waals surface area contributed by atoms with E-state index in [2.05, 4.69) is 27.7 Å². The number of hydrogen-bond acceptors (Lipinski definition) is 5. The molecule has 0 aliphatic rings. The first-order chi connectivity index (χ1) is 17.8. The predicted octanol–water partition coefficient (Wildman–Crippen LogP) is 8.94. The van der Waals surface area contributed by atoms with Crippen LogP contribution in [0.15, 0.2) is 0 Å². The molecule has 0 heterocycles. The molecule has 1 N–H and O–H groups in total. The van der Waals surface area contributed by atoms with Gasteiger partial charge in [-0.25, -0.2) is 0 Å². The highest BCUT2D eigenvalue weighted by Gasteiger charge is 2.12. The molecule has 0 saturated heterocycles. The van der Waals surface area contributed by atoms with E-state index in [1.165, 1.54) is 83.5 Å². The van der Waals surface area contributed by atoms with Crippen LogP contribution in [0.4, 0.5) is 0 Å². The molecule has 37 heavy (non-hydrogen) atoms. The van der Waals surface area contributed by atoms with Crippen molar-refractivity contribution < 1.29 is 24.2 Å². The number of hydrogen-bond donors (Lipinski definition) is 1. The van der Waals surface area contributed by atoms with Crippen molar-refractivity contribution in [1.82, 2.24) is 0 Å². The number of aliphatic hydroxyl groups is 1. The predicted molar refractivity (Wildman–Crippen MR) is 155 cm³/mol. The maximum absolute atomic E-state index is 11.9. The van der Waals surface area contributed by atoms with Crippen LogP contribution in [0.1, 0.15) is 163 Å². The van der Waals surface area contributed by atoms with E-state index >= 15 is 0 Å². The van der Waals surface area contributed by atoms with Crippen molar-refractivity contribution >= 4 is 11.9 Å². The highest BCUT2D eigenvalue weighted by molar-refractivity contribution is 5.69. The second kappa shape index (κ2) is 26.5. The molecule has 0 amide bonds. The van der Waals surface area contributed by atoms with Gasteiger partial charge in [0.2, 0.25) is 0 Å². The van der Waals surface area contributed by atoms with E-state index in [4.69, 9.17) is 9.47 Å². The molecule has 0 aromatic rings. The lowest BCUT2D eigenvalue weighted by Gasteiger charge is -2.12. The lowest BCUT2D eigenvalue weighted by molar-refractivity contribution is -0.152. The van der Waals surface area contributed by atoms with E-state index in [0.29, 0.717) is 12.8 Å². The smallest absolute Gasteiger partial charge is 0.305 e. The number of esters is 2. The van der Waals surface area contributed by atoms with E-state index in [1.54, 1.807) is 0 Å². The Morgan fingerprint density at radius 3 is 1.05 bits per heavy atom. The number of ether oxygens (including phenoxy) is 2. The summed E-state index contributed by atoms with van der Waals surface area (Å²) in [5.74, 6) is 1.06. The van der Waals surface area contributed by atoms with Crippen LogP contribution in [0, 0.1) is 11.8 Å². The number of rotatable bonds is 27. The number of carbonyl (C=O) groups is 2. The minimum absolute atomic E-state index is 0.111. The minimum Gasteiger partial charge on any atom is -0.463 e. The van der Waals surface area contributed by atoms with Gasteiger partial charge in [-0.05, 0) is 24.7 Å². The van der Waals surface area contributed by atoms with Crippen molar-refractivity contribution in [2.45, 2.75) is 169 Å². The van der Waals surface area contributed by atoms with Crippen LogP contribution in [0.25, 0.3) is 0 Å². The van der Waals surface area contributed by atoms with E-state index in [-0.39, 0.29) is 25.2 Å². The fourth-order valence-electron chi connectivity index (χ4n) is 4.51. The standard InChI is InChI=1S/C32H62O5/c1-28(2)22-18-14-10-7-5-6-8-12-16-20-24-31(34)36-26-30(33)27-37-32(35)25-21-17-13-9-11-15-19-23-29(3)4/h28-30,33H,5-27H2,1-4H3/t30-/m0/s1. The second-order valence-corrected chi connectivity index (χ2v) is 11.9. The van der Waals surface area contributed by atoms with Crippen molar-refractivity contribution in [3.05, 3.63) is 0 Å². The molecule has 0 saturated carbocycles. The van der Waals surface area contributed by atoms with Gasteiger partial charge in [0.25, 0.3) is 0 Å². The van der Waals surface area contributed by atoms with Gasteiger partial charge in [-0.3, -0.25) is 9.59 Å². The minimum atomic E-state index is -0.955. The van der Waals surface area contributed by atoms with Crippen molar-refractivity contribution in [2.24, 2.45) is 11.8 Å². The highest BCUT2D eigenvalue weighted by Crippen LogP contribution is 2.15. The van der Waals surface area contributed by atoms with Crippen molar-refractivity contribution in [1.29, 1.82) is 0 Å². The maximum atomic E-state index is 11.9. The molecule has 0 aliphatic heterocycles. The molecule has 5 nitrogen and oxygen atoms in total. The van der Waals surface area contributed by atoms with Gasteiger partial charge in [0.15, 0.2) is 0 Å². The third-order valence-electron chi connectivity index (χ3n) is 6.95. The van der Waals surface area contributed by atoms with Crippen molar-refractivity contribution in [3.8, 4) is 0 Å². The molecule has 0 unspecified atom stereocenters. The Morgan fingerprint density at radius 1 is 0.486 bits per heavy atom. The Morgan fingerprint density at radius 2 is 0.757 bits per heavy atom. The Bertz CT molecular complexity index is 517. The fraction of sp³-hybridized carbons (Fsp3) is 0.938. The lowest BCUT2D eigenvalue weighted by atomic mass is 10.0. The molecule has 0 aromatic carbocycles. The molecule has 0 aliphatic carbocycles. The Labute approximate surface area is 229 Å². The zero-order valence-electron chi connectivity index (χ0n) is 25.1. The molecule has 5 heteroatoms. The van der Waals surface area contributed by atoms with Crippen LogP contribution in [-0.2, 0) is 19.1 Å². The van der Waals surface area contributed by atoms with Crippen LogP contribution < -0.4 is 0 Å². The highest BCUT2D eigenvalue weighted by atomic mass is 16.6. The van der Waals surface area contributed by atoms with Gasteiger partial charge in [-0.2, -0.15) is 0 Å². The largest absolute Gasteiger partial charge is 0.463 e. The third kappa shape index (κ3) is 29.3. The number of unbranched alkanes of at least 4 members (excludes halogenated alkanes) is 15. The molecule has 0 aromatic heterocycles. The zero-order valence-corrected chi connectivity index (χ0v) is 25.1. The molecule has 1 atom stereocenters. The normalized spacial score (nSPS) is 12.3. The van der Waals surface area contributed by atoms with E-state index < -0.39 is 6.10 Å². The zero-order chi connectivity index (χ0) is 27.6. The first kappa shape index (κ1) is 35.9. The van der Waals surface area contributed by atoms with Gasteiger partial charge in [0.1, 0.15) is 19.3 Å². The average molecular weight is 527 g/mol. The van der Waals surface area contributed by atoms with Gasteiger partial charge in [-0.15, -0.1) is 0 Å². The summed E-state index contributed by atoms with van der Waals surface area (Å²) < 4.78 is 10.2. The Balaban J connectivity index is 3.43.